The van der Waals surface area contributed by atoms with Crippen molar-refractivity contribution >= 4 is 35.0 Å². The normalized spacial score (nSPS) is 10.5. The van der Waals surface area contributed by atoms with E-state index in [1.54, 1.807) is 38.5 Å². The minimum atomic E-state index is -0.136. The molecule has 3 rings (SSSR count). The highest BCUT2D eigenvalue weighted by molar-refractivity contribution is 5.97. The molecule has 116 valence electrons. The second kappa shape index (κ2) is 5.84. The maximum Gasteiger partial charge on any atom is 0.269 e. The van der Waals surface area contributed by atoms with Crippen LogP contribution in [0.4, 0.5) is 11.8 Å². The number of nitrogens with one attached hydrogen (secondary N) is 2. The van der Waals surface area contributed by atoms with Gasteiger partial charge in [0.2, 0.25) is 5.95 Å². The number of aldehydes is 1. The molecule has 23 heavy (non-hydrogen) atoms. The molecule has 0 aromatic carbocycles. The van der Waals surface area contributed by atoms with E-state index in [9.17, 15) is 9.59 Å². The summed E-state index contributed by atoms with van der Waals surface area (Å²) < 4.78 is 0. The van der Waals surface area contributed by atoms with Gasteiger partial charge in [-0.2, -0.15) is 4.98 Å². The number of fused-ring (bicyclic) bond motifs is 1. The van der Waals surface area contributed by atoms with E-state index in [4.69, 9.17) is 0 Å². The average molecular weight is 310 g/mol. The van der Waals surface area contributed by atoms with Gasteiger partial charge in [-0.05, 0) is 18.2 Å². The van der Waals surface area contributed by atoms with Crippen molar-refractivity contribution in [3.8, 4) is 0 Å². The number of aromatic nitrogens is 4. The molecule has 3 aromatic heterocycles. The zero-order valence-electron chi connectivity index (χ0n) is 12.6. The van der Waals surface area contributed by atoms with E-state index in [2.05, 4.69) is 25.3 Å². The van der Waals surface area contributed by atoms with Crippen LogP contribution in [0, 0.1) is 0 Å². The zero-order valence-corrected chi connectivity index (χ0v) is 12.6. The number of amides is 1. The molecular formula is C15H14N6O2. The van der Waals surface area contributed by atoms with Gasteiger partial charge >= 0.3 is 0 Å². The standard InChI is InChI=1S/C15H14N6O2/c1-21(2)14(23)11-5-10-7-17-15(20-13(10)18-11)19-12-4-3-9(8-22)6-16-12/h3-8H,1-2H3,(H2,16,17,18,19,20). The van der Waals surface area contributed by atoms with Crippen LogP contribution in [0.15, 0.2) is 30.6 Å². The van der Waals surface area contributed by atoms with Crippen LogP contribution >= 0.6 is 0 Å². The monoisotopic (exact) mass is 310 g/mol. The van der Waals surface area contributed by atoms with Crippen molar-refractivity contribution in [2.75, 3.05) is 19.4 Å². The number of hydrogen-bond donors (Lipinski definition) is 2. The number of hydrogen-bond acceptors (Lipinski definition) is 6. The third-order valence-corrected chi connectivity index (χ3v) is 3.17. The highest BCUT2D eigenvalue weighted by atomic mass is 16.2. The molecule has 8 heteroatoms. The minimum absolute atomic E-state index is 0.136. The van der Waals surface area contributed by atoms with Crippen molar-refractivity contribution in [3.05, 3.63) is 41.9 Å². The van der Waals surface area contributed by atoms with Gasteiger partial charge in [0.25, 0.3) is 5.91 Å². The summed E-state index contributed by atoms with van der Waals surface area (Å²) >= 11 is 0. The summed E-state index contributed by atoms with van der Waals surface area (Å²) in [5.74, 6) is 0.726. The zero-order chi connectivity index (χ0) is 16.4. The topological polar surface area (TPSA) is 104 Å². The lowest BCUT2D eigenvalue weighted by Crippen LogP contribution is -2.21. The van der Waals surface area contributed by atoms with Crippen LogP contribution in [-0.4, -0.2) is 51.1 Å². The predicted molar refractivity (Wildman–Crippen MR) is 84.8 cm³/mol. The fourth-order valence-electron chi connectivity index (χ4n) is 2.00. The second-order valence-electron chi connectivity index (χ2n) is 5.10. The van der Waals surface area contributed by atoms with E-state index in [1.165, 1.54) is 11.1 Å². The number of rotatable bonds is 4. The van der Waals surface area contributed by atoms with Crippen molar-refractivity contribution in [3.63, 3.8) is 0 Å². The van der Waals surface area contributed by atoms with Gasteiger partial charge in [0.15, 0.2) is 6.29 Å². The number of nitrogens with zero attached hydrogens (tertiary/aromatic N) is 4. The predicted octanol–water partition coefficient (Wildman–Crippen LogP) is 1.61. The van der Waals surface area contributed by atoms with Gasteiger partial charge in [-0.15, -0.1) is 0 Å². The van der Waals surface area contributed by atoms with Crippen LogP contribution in [0.3, 0.4) is 0 Å². The van der Waals surface area contributed by atoms with Crippen LogP contribution in [0.25, 0.3) is 11.0 Å². The highest BCUT2D eigenvalue weighted by Crippen LogP contribution is 2.17. The molecule has 0 saturated heterocycles. The first kappa shape index (κ1) is 14.6. The van der Waals surface area contributed by atoms with Gasteiger partial charge in [-0.1, -0.05) is 0 Å². The summed E-state index contributed by atoms with van der Waals surface area (Å²) in [4.78, 5) is 39.6. The van der Waals surface area contributed by atoms with Crippen molar-refractivity contribution in [1.82, 2.24) is 24.8 Å². The van der Waals surface area contributed by atoms with Crippen LogP contribution in [0.1, 0.15) is 20.8 Å². The molecule has 0 spiro atoms. The molecular weight excluding hydrogens is 296 g/mol. The van der Waals surface area contributed by atoms with E-state index in [-0.39, 0.29) is 5.91 Å². The molecule has 0 saturated carbocycles. The minimum Gasteiger partial charge on any atom is -0.344 e. The van der Waals surface area contributed by atoms with E-state index < -0.39 is 0 Å². The third kappa shape index (κ3) is 3.00. The molecule has 3 aromatic rings. The quantitative estimate of drug-likeness (QED) is 0.710. The summed E-state index contributed by atoms with van der Waals surface area (Å²) in [5, 5.41) is 3.68. The Hall–Kier alpha value is -3.29. The number of H-pyrrole nitrogens is 1. The van der Waals surface area contributed by atoms with Crippen LogP contribution < -0.4 is 5.32 Å². The lowest BCUT2D eigenvalue weighted by Gasteiger charge is -2.07. The maximum absolute atomic E-state index is 11.9. The van der Waals surface area contributed by atoms with Gasteiger partial charge in [-0.3, -0.25) is 9.59 Å². The third-order valence-electron chi connectivity index (χ3n) is 3.17. The molecule has 0 radical (unpaired) electrons. The Kier molecular flexibility index (Phi) is 3.71. The van der Waals surface area contributed by atoms with Gasteiger partial charge in [0.1, 0.15) is 17.2 Å². The van der Waals surface area contributed by atoms with E-state index in [0.29, 0.717) is 28.7 Å². The summed E-state index contributed by atoms with van der Waals surface area (Å²) in [7, 11) is 3.36. The maximum atomic E-state index is 11.9. The number of pyridine rings is 1. The molecule has 0 bridgehead atoms. The Balaban J connectivity index is 1.87. The fraction of sp³-hybridized carbons (Fsp3) is 0.133. The summed E-state index contributed by atoms with van der Waals surface area (Å²) in [5.41, 5.74) is 1.49. The molecule has 3 heterocycles. The molecule has 0 aliphatic heterocycles. The average Bonchev–Trinajstić information content (AvgIpc) is 2.98. The molecule has 0 fully saturated rings. The fourth-order valence-corrected chi connectivity index (χ4v) is 2.00. The molecule has 8 nitrogen and oxygen atoms in total. The van der Waals surface area contributed by atoms with Gasteiger partial charge in [-0.25, -0.2) is 9.97 Å². The molecule has 0 aliphatic rings. The summed E-state index contributed by atoms with van der Waals surface area (Å²) in [6.07, 6.45) is 3.80. The number of carbonyl (C=O) groups is 2. The number of aromatic amines is 1. The first-order valence-corrected chi connectivity index (χ1v) is 6.82. The Labute approximate surface area is 131 Å². The van der Waals surface area contributed by atoms with Crippen LogP contribution in [0.2, 0.25) is 0 Å². The Morgan fingerprint density at radius 2 is 2.09 bits per heavy atom. The highest BCUT2D eigenvalue weighted by Gasteiger charge is 2.12. The Morgan fingerprint density at radius 3 is 2.74 bits per heavy atom. The lowest BCUT2D eigenvalue weighted by molar-refractivity contribution is 0.0822. The van der Waals surface area contributed by atoms with Gasteiger partial charge in [0, 0.05) is 37.4 Å². The van der Waals surface area contributed by atoms with Crippen molar-refractivity contribution < 1.29 is 9.59 Å². The number of anilines is 2. The number of carbonyl (C=O) groups excluding carboxylic acids is 2. The SMILES string of the molecule is CN(C)C(=O)c1cc2cnc(Nc3ccc(C=O)cn3)nc2[nH]1. The summed E-state index contributed by atoms with van der Waals surface area (Å²) in [6, 6.07) is 5.01. The first-order chi connectivity index (χ1) is 11.1. The summed E-state index contributed by atoms with van der Waals surface area (Å²) in [6.45, 7) is 0. The largest absolute Gasteiger partial charge is 0.344 e. The molecule has 0 unspecified atom stereocenters. The Bertz CT molecular complexity index is 869. The van der Waals surface area contributed by atoms with E-state index >= 15 is 0 Å². The molecule has 2 N–H and O–H groups in total. The van der Waals surface area contributed by atoms with Crippen LogP contribution in [0.5, 0.6) is 0 Å². The Morgan fingerprint density at radius 1 is 1.26 bits per heavy atom. The van der Waals surface area contributed by atoms with Gasteiger partial charge < -0.3 is 15.2 Å². The molecule has 0 atom stereocenters. The first-order valence-electron chi connectivity index (χ1n) is 6.82. The van der Waals surface area contributed by atoms with E-state index in [1.807, 2.05) is 0 Å². The van der Waals surface area contributed by atoms with Crippen molar-refractivity contribution in [2.45, 2.75) is 0 Å². The van der Waals surface area contributed by atoms with E-state index in [0.717, 1.165) is 11.7 Å². The van der Waals surface area contributed by atoms with Crippen molar-refractivity contribution in [2.24, 2.45) is 0 Å². The smallest absolute Gasteiger partial charge is 0.269 e. The van der Waals surface area contributed by atoms with Crippen LogP contribution in [-0.2, 0) is 0 Å². The molecule has 1 amide bonds. The van der Waals surface area contributed by atoms with Gasteiger partial charge in [0.05, 0.1) is 0 Å². The molecule has 0 aliphatic carbocycles. The second-order valence-corrected chi connectivity index (χ2v) is 5.10. The lowest BCUT2D eigenvalue weighted by atomic mass is 10.3. The van der Waals surface area contributed by atoms with Crippen molar-refractivity contribution in [1.29, 1.82) is 0 Å².